The third-order valence-electron chi connectivity index (χ3n) is 3.70. The highest BCUT2D eigenvalue weighted by atomic mass is 35.5. The second-order valence-corrected chi connectivity index (χ2v) is 6.08. The molecular weight excluding hydrogens is 382 g/mol. The van der Waals surface area contributed by atoms with Crippen molar-refractivity contribution in [2.45, 2.75) is 13.5 Å². The summed E-state index contributed by atoms with van der Waals surface area (Å²) in [5.41, 5.74) is 2.22. The van der Waals surface area contributed by atoms with Crippen molar-refractivity contribution in [1.82, 2.24) is 15.1 Å². The SMILES string of the molecule is C#CCNC(=O)COC(=O)/C=C/c1c(C)nn(Cc2cccc(OC)c2)c1Cl. The minimum atomic E-state index is -0.674. The first-order valence-electron chi connectivity index (χ1n) is 8.35. The topological polar surface area (TPSA) is 82.5 Å². The first kappa shape index (κ1) is 21.1. The number of terminal acetylenes is 1. The van der Waals surface area contributed by atoms with E-state index in [0.29, 0.717) is 23.0 Å². The molecule has 2 rings (SSSR count). The number of aryl methyl sites for hydroxylation is 1. The van der Waals surface area contributed by atoms with Crippen LogP contribution in [0.2, 0.25) is 5.15 Å². The van der Waals surface area contributed by atoms with E-state index in [-0.39, 0.29) is 6.54 Å². The standard InChI is InChI=1S/C20H20ClN3O4/c1-4-10-22-18(25)13-28-19(26)9-8-17-14(2)23-24(20(17)21)12-15-6-5-7-16(11-15)27-3/h1,5-9,11H,10,12-13H2,2-3H3,(H,22,25)/b9-8+. The van der Waals surface area contributed by atoms with E-state index < -0.39 is 18.5 Å². The molecule has 0 aliphatic carbocycles. The monoisotopic (exact) mass is 401 g/mol. The minimum Gasteiger partial charge on any atom is -0.497 e. The van der Waals surface area contributed by atoms with E-state index in [4.69, 9.17) is 27.5 Å². The van der Waals surface area contributed by atoms with Crippen molar-refractivity contribution in [1.29, 1.82) is 0 Å². The summed E-state index contributed by atoms with van der Waals surface area (Å²) in [5, 5.41) is 7.18. The molecule has 0 atom stereocenters. The quantitative estimate of drug-likeness (QED) is 0.416. The van der Waals surface area contributed by atoms with Crippen LogP contribution in [-0.2, 0) is 20.9 Å². The number of hydrogen-bond acceptors (Lipinski definition) is 5. The molecule has 0 aliphatic heterocycles. The normalized spacial score (nSPS) is 10.5. The Hall–Kier alpha value is -3.24. The van der Waals surface area contributed by atoms with Crippen LogP contribution in [0.1, 0.15) is 16.8 Å². The van der Waals surface area contributed by atoms with Gasteiger partial charge < -0.3 is 14.8 Å². The molecule has 0 radical (unpaired) electrons. The fraction of sp³-hybridized carbons (Fsp3) is 0.250. The number of nitrogens with one attached hydrogen (secondary N) is 1. The van der Waals surface area contributed by atoms with Gasteiger partial charge in [-0.3, -0.25) is 4.79 Å². The lowest BCUT2D eigenvalue weighted by atomic mass is 10.2. The van der Waals surface area contributed by atoms with Crippen molar-refractivity contribution in [2.24, 2.45) is 0 Å². The molecular formula is C20H20ClN3O4. The molecule has 0 bridgehead atoms. The summed E-state index contributed by atoms with van der Waals surface area (Å²) < 4.78 is 11.7. The smallest absolute Gasteiger partial charge is 0.331 e. The van der Waals surface area contributed by atoms with Gasteiger partial charge in [-0.25, -0.2) is 9.48 Å². The predicted molar refractivity (Wildman–Crippen MR) is 106 cm³/mol. The van der Waals surface area contributed by atoms with Crippen LogP contribution in [0.25, 0.3) is 6.08 Å². The maximum atomic E-state index is 11.8. The van der Waals surface area contributed by atoms with Gasteiger partial charge in [0, 0.05) is 11.6 Å². The highest BCUT2D eigenvalue weighted by molar-refractivity contribution is 6.31. The number of methoxy groups -OCH3 is 1. The van der Waals surface area contributed by atoms with Crippen LogP contribution in [0.3, 0.4) is 0 Å². The molecule has 0 unspecified atom stereocenters. The Bertz CT molecular complexity index is 928. The third-order valence-corrected chi connectivity index (χ3v) is 4.09. The van der Waals surface area contributed by atoms with Crippen LogP contribution in [0.4, 0.5) is 0 Å². The van der Waals surface area contributed by atoms with Gasteiger partial charge in [0.05, 0.1) is 25.9 Å². The maximum absolute atomic E-state index is 11.8. The van der Waals surface area contributed by atoms with Gasteiger partial charge in [0.1, 0.15) is 10.9 Å². The molecule has 0 aliphatic rings. The number of esters is 1. The van der Waals surface area contributed by atoms with Gasteiger partial charge in [0.25, 0.3) is 5.91 Å². The third kappa shape index (κ3) is 5.89. The van der Waals surface area contributed by atoms with E-state index in [2.05, 4.69) is 16.3 Å². The molecule has 146 valence electrons. The summed E-state index contributed by atoms with van der Waals surface area (Å²) in [6.07, 6.45) is 7.73. The zero-order valence-electron chi connectivity index (χ0n) is 15.6. The molecule has 8 heteroatoms. The molecule has 28 heavy (non-hydrogen) atoms. The molecule has 1 heterocycles. The molecule has 1 aromatic heterocycles. The fourth-order valence-corrected chi connectivity index (χ4v) is 2.64. The van der Waals surface area contributed by atoms with Crippen molar-refractivity contribution in [3.8, 4) is 18.1 Å². The highest BCUT2D eigenvalue weighted by Gasteiger charge is 2.12. The summed E-state index contributed by atoms with van der Waals surface area (Å²) in [4.78, 5) is 23.1. The van der Waals surface area contributed by atoms with Crippen LogP contribution < -0.4 is 10.1 Å². The van der Waals surface area contributed by atoms with Crippen LogP contribution in [0, 0.1) is 19.3 Å². The number of nitrogens with zero attached hydrogens (tertiary/aromatic N) is 2. The number of carbonyl (C=O) groups is 2. The second-order valence-electron chi connectivity index (χ2n) is 5.72. The summed E-state index contributed by atoms with van der Waals surface area (Å²) in [6.45, 7) is 1.90. The number of aromatic nitrogens is 2. The molecule has 0 saturated carbocycles. The predicted octanol–water partition coefficient (Wildman–Crippen LogP) is 2.21. The summed E-state index contributed by atoms with van der Waals surface area (Å²) in [5.74, 6) is 1.85. The fourth-order valence-electron chi connectivity index (χ4n) is 2.34. The van der Waals surface area contributed by atoms with Gasteiger partial charge in [-0.2, -0.15) is 5.10 Å². The van der Waals surface area contributed by atoms with E-state index in [0.717, 1.165) is 11.3 Å². The Morgan fingerprint density at radius 1 is 1.43 bits per heavy atom. The van der Waals surface area contributed by atoms with Crippen molar-refractivity contribution >= 4 is 29.6 Å². The van der Waals surface area contributed by atoms with Crippen molar-refractivity contribution < 1.29 is 19.1 Å². The number of amides is 1. The molecule has 1 aromatic carbocycles. The average Bonchev–Trinajstić information content (AvgIpc) is 2.95. The first-order valence-corrected chi connectivity index (χ1v) is 8.73. The van der Waals surface area contributed by atoms with E-state index in [1.54, 1.807) is 18.7 Å². The molecule has 1 amide bonds. The van der Waals surface area contributed by atoms with Gasteiger partial charge >= 0.3 is 5.97 Å². The largest absolute Gasteiger partial charge is 0.497 e. The second kappa shape index (κ2) is 10.2. The van der Waals surface area contributed by atoms with Gasteiger partial charge in [0.15, 0.2) is 6.61 Å². The van der Waals surface area contributed by atoms with Crippen molar-refractivity contribution in [3.63, 3.8) is 0 Å². The summed E-state index contributed by atoms with van der Waals surface area (Å²) >= 11 is 6.40. The molecule has 0 fully saturated rings. The van der Waals surface area contributed by atoms with E-state index >= 15 is 0 Å². The maximum Gasteiger partial charge on any atom is 0.331 e. The summed E-state index contributed by atoms with van der Waals surface area (Å²) in [6, 6.07) is 7.57. The lowest BCUT2D eigenvalue weighted by molar-refractivity contribution is -0.143. The Labute approximate surface area is 168 Å². The number of hydrogen-bond donors (Lipinski definition) is 1. The zero-order valence-corrected chi connectivity index (χ0v) is 16.3. The van der Waals surface area contributed by atoms with Gasteiger partial charge in [0.2, 0.25) is 0 Å². The number of benzene rings is 1. The Morgan fingerprint density at radius 2 is 2.21 bits per heavy atom. The molecule has 1 N–H and O–H groups in total. The Kier molecular flexibility index (Phi) is 7.66. The molecule has 2 aromatic rings. The van der Waals surface area contributed by atoms with Crippen LogP contribution in [0.15, 0.2) is 30.3 Å². The first-order chi connectivity index (χ1) is 13.4. The van der Waals surface area contributed by atoms with Crippen LogP contribution in [-0.4, -0.2) is 41.9 Å². The lowest BCUT2D eigenvalue weighted by Crippen LogP contribution is -2.28. The average molecular weight is 402 g/mol. The number of halogens is 1. The number of ether oxygens (including phenoxy) is 2. The Balaban J connectivity index is 2.02. The van der Waals surface area contributed by atoms with Crippen LogP contribution >= 0.6 is 11.6 Å². The highest BCUT2D eigenvalue weighted by Crippen LogP contribution is 2.23. The van der Waals surface area contributed by atoms with Crippen LogP contribution in [0.5, 0.6) is 5.75 Å². The molecule has 0 saturated heterocycles. The number of carbonyl (C=O) groups excluding carboxylic acids is 2. The van der Waals surface area contributed by atoms with E-state index in [9.17, 15) is 9.59 Å². The van der Waals surface area contributed by atoms with Gasteiger partial charge in [-0.15, -0.1) is 6.42 Å². The van der Waals surface area contributed by atoms with Crippen molar-refractivity contribution in [3.05, 3.63) is 52.3 Å². The van der Waals surface area contributed by atoms with Crippen molar-refractivity contribution in [2.75, 3.05) is 20.3 Å². The summed E-state index contributed by atoms with van der Waals surface area (Å²) in [7, 11) is 1.60. The lowest BCUT2D eigenvalue weighted by Gasteiger charge is -2.06. The van der Waals surface area contributed by atoms with Gasteiger partial charge in [-0.05, 0) is 30.7 Å². The van der Waals surface area contributed by atoms with E-state index in [1.165, 1.54) is 12.2 Å². The van der Waals surface area contributed by atoms with Gasteiger partial charge in [-0.1, -0.05) is 29.7 Å². The number of rotatable bonds is 8. The molecule has 7 nitrogen and oxygen atoms in total. The Morgan fingerprint density at radius 3 is 2.93 bits per heavy atom. The minimum absolute atomic E-state index is 0.0769. The zero-order chi connectivity index (χ0) is 20.5. The molecule has 0 spiro atoms. The van der Waals surface area contributed by atoms with E-state index in [1.807, 2.05) is 24.3 Å².